The molecule has 0 aromatic rings. The molecule has 0 radical (unpaired) electrons. The van der Waals surface area contributed by atoms with E-state index in [1.54, 1.807) is 6.08 Å². The van der Waals surface area contributed by atoms with Crippen LogP contribution >= 0.6 is 0 Å². The van der Waals surface area contributed by atoms with Crippen molar-refractivity contribution in [3.8, 4) is 0 Å². The standard InChI is InChI=1S/C61H111NO10/c1-4-7-10-13-16-19-22-24-25-26-27-28-29-30-31-32-34-37-40-43-46-49-56(66)72-59-58(68)57(67)55(50-63)71-61(59)70-51-52(53(64)47-44-41-38-36-33-23-20-17-14-11-8-5-2)62-60(69)54(65)48-45-42-39-35-21-18-15-12-9-6-3/h16,19,24-25,27-28,44,47,52-55,57-59,61,63-65,67-68H,4-15,17-18,20-23,26,29-43,45-46,48-51H2,1-3H3,(H,62,69)/b19-16-,25-24-,28-27-,47-44+. The van der Waals surface area contributed by atoms with Gasteiger partial charge in [-0.05, 0) is 64.2 Å². The van der Waals surface area contributed by atoms with Crippen LogP contribution in [0.3, 0.4) is 0 Å². The van der Waals surface area contributed by atoms with Crippen LogP contribution in [-0.4, -0.2) is 99.6 Å². The Labute approximate surface area is 440 Å². The zero-order valence-electron chi connectivity index (χ0n) is 46.3. The molecule has 420 valence electrons. The second-order valence-electron chi connectivity index (χ2n) is 20.7. The minimum absolute atomic E-state index is 0.116. The Kier molecular flexibility index (Phi) is 46.5. The molecule has 6 N–H and O–H groups in total. The summed E-state index contributed by atoms with van der Waals surface area (Å²) < 4.78 is 17.6. The van der Waals surface area contributed by atoms with Crippen molar-refractivity contribution in [2.45, 2.75) is 314 Å². The van der Waals surface area contributed by atoms with Gasteiger partial charge in [0.2, 0.25) is 5.91 Å². The number of rotatable bonds is 50. The summed E-state index contributed by atoms with van der Waals surface area (Å²) in [5, 5.41) is 56.8. The van der Waals surface area contributed by atoms with E-state index in [4.69, 9.17) is 14.2 Å². The van der Waals surface area contributed by atoms with E-state index < -0.39 is 67.4 Å². The monoisotopic (exact) mass is 1020 g/mol. The van der Waals surface area contributed by atoms with Gasteiger partial charge in [0.15, 0.2) is 12.4 Å². The molecule has 72 heavy (non-hydrogen) atoms. The predicted octanol–water partition coefficient (Wildman–Crippen LogP) is 13.7. The zero-order valence-corrected chi connectivity index (χ0v) is 46.3. The van der Waals surface area contributed by atoms with Gasteiger partial charge in [0.05, 0.1) is 25.4 Å². The summed E-state index contributed by atoms with van der Waals surface area (Å²) in [6.07, 6.45) is 48.7. The molecule has 0 aliphatic carbocycles. The third-order valence-corrected chi connectivity index (χ3v) is 14.0. The summed E-state index contributed by atoms with van der Waals surface area (Å²) >= 11 is 0. The van der Waals surface area contributed by atoms with Crippen molar-refractivity contribution < 1.29 is 49.3 Å². The molecule has 0 saturated carbocycles. The minimum atomic E-state index is -1.61. The molecule has 0 aromatic carbocycles. The first-order valence-corrected chi connectivity index (χ1v) is 29.9. The first-order chi connectivity index (χ1) is 35.2. The fraction of sp³-hybridized carbons (Fsp3) is 0.836. The topological polar surface area (TPSA) is 175 Å². The highest BCUT2D eigenvalue weighted by Crippen LogP contribution is 2.26. The van der Waals surface area contributed by atoms with Crippen LogP contribution in [0, 0.1) is 0 Å². The Morgan fingerprint density at radius 2 is 0.958 bits per heavy atom. The van der Waals surface area contributed by atoms with Crippen LogP contribution in [0.4, 0.5) is 0 Å². The number of esters is 1. The molecule has 1 aliphatic rings. The highest BCUT2D eigenvalue weighted by atomic mass is 16.7. The Hall–Kier alpha value is -2.38. The second-order valence-corrected chi connectivity index (χ2v) is 20.7. The lowest BCUT2D eigenvalue weighted by molar-refractivity contribution is -0.305. The lowest BCUT2D eigenvalue weighted by Gasteiger charge is -2.41. The van der Waals surface area contributed by atoms with Crippen molar-refractivity contribution in [3.63, 3.8) is 0 Å². The summed E-state index contributed by atoms with van der Waals surface area (Å²) in [5.74, 6) is -1.20. The molecule has 8 unspecified atom stereocenters. The number of carbonyl (C=O) groups excluding carboxylic acids is 2. The number of nitrogens with one attached hydrogen (secondary N) is 1. The van der Waals surface area contributed by atoms with Gasteiger partial charge in [-0.3, -0.25) is 9.59 Å². The van der Waals surface area contributed by atoms with Crippen molar-refractivity contribution in [1.29, 1.82) is 0 Å². The van der Waals surface area contributed by atoms with Crippen LogP contribution in [-0.2, 0) is 23.8 Å². The largest absolute Gasteiger partial charge is 0.454 e. The average Bonchev–Trinajstić information content (AvgIpc) is 3.38. The van der Waals surface area contributed by atoms with Crippen molar-refractivity contribution in [2.75, 3.05) is 13.2 Å². The van der Waals surface area contributed by atoms with E-state index in [2.05, 4.69) is 62.5 Å². The van der Waals surface area contributed by atoms with E-state index in [1.807, 2.05) is 6.08 Å². The summed E-state index contributed by atoms with van der Waals surface area (Å²) in [7, 11) is 0. The third-order valence-electron chi connectivity index (χ3n) is 14.0. The van der Waals surface area contributed by atoms with Crippen LogP contribution < -0.4 is 5.32 Å². The smallest absolute Gasteiger partial charge is 0.306 e. The highest BCUT2D eigenvalue weighted by Gasteiger charge is 2.47. The van der Waals surface area contributed by atoms with Crippen LogP contribution in [0.5, 0.6) is 0 Å². The van der Waals surface area contributed by atoms with Gasteiger partial charge in [0.1, 0.15) is 24.4 Å². The van der Waals surface area contributed by atoms with Crippen LogP contribution in [0.2, 0.25) is 0 Å². The normalized spacial score (nSPS) is 19.8. The molecule has 1 rings (SSSR count). The molecule has 1 fully saturated rings. The maximum atomic E-state index is 13.3. The summed E-state index contributed by atoms with van der Waals surface area (Å²) in [6, 6.07) is -1.02. The maximum Gasteiger partial charge on any atom is 0.306 e. The number of hydrogen-bond donors (Lipinski definition) is 6. The molecular weight excluding hydrogens is 907 g/mol. The number of hydrogen-bond acceptors (Lipinski definition) is 10. The van der Waals surface area contributed by atoms with Gasteiger partial charge in [-0.1, -0.05) is 243 Å². The van der Waals surface area contributed by atoms with Gasteiger partial charge < -0.3 is 45.1 Å². The number of aliphatic hydroxyl groups excluding tert-OH is 5. The van der Waals surface area contributed by atoms with Gasteiger partial charge in [0, 0.05) is 6.42 Å². The number of amides is 1. The second kappa shape index (κ2) is 49.5. The third kappa shape index (κ3) is 37.4. The van der Waals surface area contributed by atoms with E-state index in [-0.39, 0.29) is 13.0 Å². The van der Waals surface area contributed by atoms with Crippen LogP contribution in [0.25, 0.3) is 0 Å². The highest BCUT2D eigenvalue weighted by molar-refractivity contribution is 5.80. The molecular formula is C61H111NO10. The number of ether oxygens (including phenoxy) is 3. The Balaban J connectivity index is 2.65. The first kappa shape index (κ1) is 67.6. The SMILES string of the molecule is CCCCC/C=C\C/C=C\C/C=C\CCCCCCCCCCC(=O)OC1C(OCC(NC(=O)C(O)CCCCCCCCCCCC)C(O)/C=C/CCCCCCCCCCCC)OC(CO)C(O)C1O. The van der Waals surface area contributed by atoms with Crippen LogP contribution in [0.1, 0.15) is 265 Å². The fourth-order valence-electron chi connectivity index (χ4n) is 9.19. The summed E-state index contributed by atoms with van der Waals surface area (Å²) in [5.41, 5.74) is 0. The lowest BCUT2D eigenvalue weighted by Crippen LogP contribution is -2.61. The van der Waals surface area contributed by atoms with E-state index in [0.717, 1.165) is 83.5 Å². The zero-order chi connectivity index (χ0) is 52.5. The summed E-state index contributed by atoms with van der Waals surface area (Å²) in [4.78, 5) is 26.4. The van der Waals surface area contributed by atoms with Crippen molar-refractivity contribution >= 4 is 11.9 Å². The van der Waals surface area contributed by atoms with Crippen molar-refractivity contribution in [1.82, 2.24) is 5.32 Å². The van der Waals surface area contributed by atoms with E-state index in [9.17, 15) is 35.1 Å². The number of unbranched alkanes of at least 4 members (excludes halogenated alkanes) is 30. The lowest BCUT2D eigenvalue weighted by atomic mass is 9.99. The molecule has 11 nitrogen and oxygen atoms in total. The van der Waals surface area contributed by atoms with Gasteiger partial charge in [-0.15, -0.1) is 0 Å². The fourth-order valence-corrected chi connectivity index (χ4v) is 9.19. The average molecular weight is 1020 g/mol. The van der Waals surface area contributed by atoms with E-state index in [0.29, 0.717) is 19.3 Å². The molecule has 0 aromatic heterocycles. The first-order valence-electron chi connectivity index (χ1n) is 29.9. The van der Waals surface area contributed by atoms with Gasteiger partial charge in [-0.25, -0.2) is 0 Å². The maximum absolute atomic E-state index is 13.3. The minimum Gasteiger partial charge on any atom is -0.454 e. The molecule has 0 bridgehead atoms. The van der Waals surface area contributed by atoms with E-state index >= 15 is 0 Å². The van der Waals surface area contributed by atoms with Crippen molar-refractivity contribution in [3.05, 3.63) is 48.6 Å². The number of aliphatic hydroxyl groups is 5. The molecule has 1 aliphatic heterocycles. The Morgan fingerprint density at radius 1 is 0.542 bits per heavy atom. The number of carbonyl (C=O) groups is 2. The Morgan fingerprint density at radius 3 is 1.46 bits per heavy atom. The van der Waals surface area contributed by atoms with E-state index in [1.165, 1.54) is 135 Å². The number of allylic oxidation sites excluding steroid dienone is 7. The van der Waals surface area contributed by atoms with Crippen molar-refractivity contribution in [2.24, 2.45) is 0 Å². The van der Waals surface area contributed by atoms with Gasteiger partial charge in [-0.2, -0.15) is 0 Å². The summed E-state index contributed by atoms with van der Waals surface area (Å²) in [6.45, 7) is 5.74. The van der Waals surface area contributed by atoms with Gasteiger partial charge >= 0.3 is 5.97 Å². The van der Waals surface area contributed by atoms with Crippen LogP contribution in [0.15, 0.2) is 48.6 Å². The molecule has 1 heterocycles. The molecule has 8 atom stereocenters. The van der Waals surface area contributed by atoms with Gasteiger partial charge in [0.25, 0.3) is 0 Å². The quantitative estimate of drug-likeness (QED) is 0.0195. The molecule has 1 saturated heterocycles. The predicted molar refractivity (Wildman–Crippen MR) is 297 cm³/mol. The molecule has 0 spiro atoms. The molecule has 1 amide bonds. The molecule has 11 heteroatoms. The Bertz CT molecular complexity index is 1350.